The fourth-order valence-corrected chi connectivity index (χ4v) is 3.56. The van der Waals surface area contributed by atoms with Gasteiger partial charge in [0.15, 0.2) is 0 Å². The molecule has 0 bridgehead atoms. The number of hydrogen-bond acceptors (Lipinski definition) is 4. The van der Waals surface area contributed by atoms with Crippen LogP contribution in [0.1, 0.15) is 0 Å². The van der Waals surface area contributed by atoms with E-state index in [4.69, 9.17) is 0 Å². The molecule has 4 nitrogen and oxygen atoms in total. The SMILES string of the molecule is O=C1CNC(=O)C(CSSc2ccccc2)N1. The van der Waals surface area contributed by atoms with Crippen molar-refractivity contribution in [3.05, 3.63) is 30.3 Å². The van der Waals surface area contributed by atoms with Gasteiger partial charge in [-0.2, -0.15) is 0 Å². The Bertz CT molecular complexity index is 411. The van der Waals surface area contributed by atoms with E-state index in [2.05, 4.69) is 10.6 Å². The van der Waals surface area contributed by atoms with Crippen LogP contribution in [0.4, 0.5) is 0 Å². The number of rotatable bonds is 4. The van der Waals surface area contributed by atoms with Gasteiger partial charge in [0, 0.05) is 10.6 Å². The minimum Gasteiger partial charge on any atom is -0.345 e. The highest BCUT2D eigenvalue weighted by Crippen LogP contribution is 2.31. The molecule has 1 aliphatic rings. The molecule has 1 atom stereocenters. The Kier molecular flexibility index (Phi) is 4.33. The zero-order valence-corrected chi connectivity index (χ0v) is 10.6. The lowest BCUT2D eigenvalue weighted by atomic mass is 10.2. The van der Waals surface area contributed by atoms with Crippen molar-refractivity contribution in [2.75, 3.05) is 12.3 Å². The molecule has 1 aromatic carbocycles. The van der Waals surface area contributed by atoms with Gasteiger partial charge in [0.05, 0.1) is 6.54 Å². The number of piperazine rings is 1. The minimum absolute atomic E-state index is 0.0891. The Morgan fingerprint density at radius 1 is 1.24 bits per heavy atom. The van der Waals surface area contributed by atoms with E-state index in [1.165, 1.54) is 0 Å². The van der Waals surface area contributed by atoms with E-state index in [0.717, 1.165) is 4.90 Å². The Balaban J connectivity index is 1.78. The fourth-order valence-electron chi connectivity index (χ4n) is 1.37. The summed E-state index contributed by atoms with van der Waals surface area (Å²) in [5, 5.41) is 5.22. The molecular formula is C11H12N2O2S2. The molecule has 0 radical (unpaired) electrons. The number of hydrogen-bond donors (Lipinski definition) is 2. The third-order valence-corrected chi connectivity index (χ3v) is 4.60. The van der Waals surface area contributed by atoms with E-state index in [1.807, 2.05) is 30.3 Å². The minimum atomic E-state index is -0.419. The number of carbonyl (C=O) groups excluding carboxylic acids is 2. The predicted octanol–water partition coefficient (Wildman–Crippen LogP) is 1.04. The van der Waals surface area contributed by atoms with Gasteiger partial charge in [-0.1, -0.05) is 39.8 Å². The van der Waals surface area contributed by atoms with Crippen LogP contribution in [0.5, 0.6) is 0 Å². The van der Waals surface area contributed by atoms with Gasteiger partial charge in [-0.15, -0.1) is 0 Å². The fraction of sp³-hybridized carbons (Fsp3) is 0.273. The quantitative estimate of drug-likeness (QED) is 0.801. The van der Waals surface area contributed by atoms with Crippen molar-refractivity contribution >= 4 is 33.4 Å². The molecule has 2 N–H and O–H groups in total. The number of nitrogens with one attached hydrogen (secondary N) is 2. The first-order chi connectivity index (χ1) is 8.25. The van der Waals surface area contributed by atoms with E-state index >= 15 is 0 Å². The second-order valence-electron chi connectivity index (χ2n) is 3.52. The van der Waals surface area contributed by atoms with Gasteiger partial charge in [-0.25, -0.2) is 0 Å². The van der Waals surface area contributed by atoms with Crippen LogP contribution in [0.2, 0.25) is 0 Å². The van der Waals surface area contributed by atoms with Crippen LogP contribution in [0, 0.1) is 0 Å². The van der Waals surface area contributed by atoms with Gasteiger partial charge in [0.25, 0.3) is 0 Å². The molecule has 1 aromatic rings. The van der Waals surface area contributed by atoms with Crippen LogP contribution in [-0.2, 0) is 9.59 Å². The van der Waals surface area contributed by atoms with Gasteiger partial charge < -0.3 is 10.6 Å². The van der Waals surface area contributed by atoms with Crippen LogP contribution in [0.15, 0.2) is 35.2 Å². The summed E-state index contributed by atoms with van der Waals surface area (Å²) in [5.41, 5.74) is 0. The van der Waals surface area contributed by atoms with E-state index in [9.17, 15) is 9.59 Å². The van der Waals surface area contributed by atoms with Crippen molar-refractivity contribution < 1.29 is 9.59 Å². The maximum absolute atomic E-state index is 11.4. The van der Waals surface area contributed by atoms with Crippen molar-refractivity contribution in [1.82, 2.24) is 10.6 Å². The van der Waals surface area contributed by atoms with Gasteiger partial charge in [-0.05, 0) is 12.1 Å². The molecule has 2 rings (SSSR count). The van der Waals surface area contributed by atoms with Gasteiger partial charge in [0.2, 0.25) is 11.8 Å². The summed E-state index contributed by atoms with van der Waals surface area (Å²) in [7, 11) is 3.16. The standard InChI is InChI=1S/C11H12N2O2S2/c14-10-6-12-11(15)9(13-10)7-16-17-8-4-2-1-3-5-8/h1-5,9H,6-7H2,(H,12,15)(H,13,14). The average Bonchev–Trinajstić information content (AvgIpc) is 2.35. The Morgan fingerprint density at radius 3 is 2.76 bits per heavy atom. The summed E-state index contributed by atoms with van der Waals surface area (Å²) >= 11 is 0. The first kappa shape index (κ1) is 12.3. The highest BCUT2D eigenvalue weighted by atomic mass is 33.1. The third-order valence-electron chi connectivity index (χ3n) is 2.21. The summed E-state index contributed by atoms with van der Waals surface area (Å²) in [4.78, 5) is 23.7. The van der Waals surface area contributed by atoms with Crippen molar-refractivity contribution in [3.63, 3.8) is 0 Å². The lowest BCUT2D eigenvalue weighted by molar-refractivity contribution is -0.133. The zero-order valence-electron chi connectivity index (χ0n) is 9.01. The highest BCUT2D eigenvalue weighted by Gasteiger charge is 2.25. The van der Waals surface area contributed by atoms with Crippen molar-refractivity contribution in [2.45, 2.75) is 10.9 Å². The van der Waals surface area contributed by atoms with Crippen molar-refractivity contribution in [2.24, 2.45) is 0 Å². The number of amides is 2. The average molecular weight is 268 g/mol. The van der Waals surface area contributed by atoms with Crippen LogP contribution in [0.25, 0.3) is 0 Å². The summed E-state index contributed by atoms with van der Waals surface area (Å²) < 4.78 is 0. The molecule has 1 fully saturated rings. The predicted molar refractivity (Wildman–Crippen MR) is 69.7 cm³/mol. The number of benzene rings is 1. The van der Waals surface area contributed by atoms with E-state index < -0.39 is 6.04 Å². The van der Waals surface area contributed by atoms with E-state index in [-0.39, 0.29) is 18.4 Å². The van der Waals surface area contributed by atoms with Crippen LogP contribution in [-0.4, -0.2) is 30.2 Å². The molecule has 1 unspecified atom stereocenters. The summed E-state index contributed by atoms with van der Waals surface area (Å²) in [5.74, 6) is 0.336. The second kappa shape index (κ2) is 5.97. The van der Waals surface area contributed by atoms with Gasteiger partial charge in [-0.3, -0.25) is 9.59 Å². The topological polar surface area (TPSA) is 58.2 Å². The monoisotopic (exact) mass is 268 g/mol. The maximum atomic E-state index is 11.4. The first-order valence-corrected chi connectivity index (χ1v) is 7.49. The lowest BCUT2D eigenvalue weighted by Gasteiger charge is -2.22. The molecule has 17 heavy (non-hydrogen) atoms. The van der Waals surface area contributed by atoms with Crippen LogP contribution in [0.3, 0.4) is 0 Å². The smallest absolute Gasteiger partial charge is 0.243 e. The second-order valence-corrected chi connectivity index (χ2v) is 5.93. The normalized spacial score (nSPS) is 19.6. The van der Waals surface area contributed by atoms with Crippen LogP contribution >= 0.6 is 21.6 Å². The van der Waals surface area contributed by atoms with Crippen LogP contribution < -0.4 is 10.6 Å². The molecule has 1 heterocycles. The molecule has 0 aliphatic carbocycles. The van der Waals surface area contributed by atoms with Crippen molar-refractivity contribution in [3.8, 4) is 0 Å². The molecule has 1 aliphatic heterocycles. The summed E-state index contributed by atoms with van der Waals surface area (Å²) in [6.45, 7) is 0.0891. The van der Waals surface area contributed by atoms with Crippen molar-refractivity contribution in [1.29, 1.82) is 0 Å². The summed E-state index contributed by atoms with van der Waals surface area (Å²) in [6, 6.07) is 9.51. The molecule has 0 spiro atoms. The lowest BCUT2D eigenvalue weighted by Crippen LogP contribution is -2.57. The Labute approximate surface area is 107 Å². The molecule has 1 saturated heterocycles. The molecular weight excluding hydrogens is 256 g/mol. The van der Waals surface area contributed by atoms with Gasteiger partial charge in [0.1, 0.15) is 6.04 Å². The highest BCUT2D eigenvalue weighted by molar-refractivity contribution is 8.76. The molecule has 0 saturated carbocycles. The maximum Gasteiger partial charge on any atom is 0.243 e. The Hall–Kier alpha value is -1.14. The van der Waals surface area contributed by atoms with E-state index in [1.54, 1.807) is 21.6 Å². The summed E-state index contributed by atoms with van der Waals surface area (Å²) in [6.07, 6.45) is 0. The molecule has 90 valence electrons. The third kappa shape index (κ3) is 3.67. The molecule has 0 aromatic heterocycles. The Morgan fingerprint density at radius 2 is 2.00 bits per heavy atom. The van der Waals surface area contributed by atoms with Gasteiger partial charge >= 0.3 is 0 Å². The largest absolute Gasteiger partial charge is 0.345 e. The molecule has 2 amide bonds. The van der Waals surface area contributed by atoms with E-state index in [0.29, 0.717) is 5.75 Å². The first-order valence-electron chi connectivity index (χ1n) is 5.17. The zero-order chi connectivity index (χ0) is 12.1. The number of carbonyl (C=O) groups is 2. The molecule has 6 heteroatoms.